The van der Waals surface area contributed by atoms with Crippen molar-refractivity contribution in [3.63, 3.8) is 0 Å². The lowest BCUT2D eigenvalue weighted by Gasteiger charge is -2.25. The molecule has 1 atom stereocenters. The molecule has 0 bridgehead atoms. The highest BCUT2D eigenvalue weighted by Crippen LogP contribution is 2.17. The predicted molar refractivity (Wildman–Crippen MR) is 81.1 cm³/mol. The zero-order chi connectivity index (χ0) is 16.2. The Balaban J connectivity index is 1.65. The monoisotopic (exact) mass is 320 g/mol. The maximum Gasteiger partial charge on any atom is 0.290 e. The Morgan fingerprint density at radius 2 is 2.22 bits per heavy atom. The minimum atomic E-state index is -0.324. The van der Waals surface area contributed by atoms with Crippen molar-refractivity contribution < 1.29 is 14.1 Å². The van der Waals surface area contributed by atoms with Gasteiger partial charge in [0.25, 0.3) is 5.91 Å². The number of nitrogens with zero attached hydrogens (tertiary/aromatic N) is 5. The zero-order valence-electron chi connectivity index (χ0n) is 13.2. The first-order valence-corrected chi connectivity index (χ1v) is 7.67. The van der Waals surface area contributed by atoms with Gasteiger partial charge < -0.3 is 19.5 Å². The van der Waals surface area contributed by atoms with E-state index >= 15 is 0 Å². The topological polar surface area (TPSA) is 98.3 Å². The summed E-state index contributed by atoms with van der Waals surface area (Å²) in [5, 5.41) is 10.9. The number of ether oxygens (including phenoxy) is 1. The summed E-state index contributed by atoms with van der Waals surface area (Å²) in [7, 11) is 0. The molecule has 0 saturated carbocycles. The van der Waals surface area contributed by atoms with Crippen LogP contribution >= 0.6 is 0 Å². The molecule has 3 rings (SSSR count). The van der Waals surface area contributed by atoms with Crippen molar-refractivity contribution in [3.8, 4) is 0 Å². The van der Waals surface area contributed by atoms with Crippen LogP contribution in [0.1, 0.15) is 36.3 Å². The summed E-state index contributed by atoms with van der Waals surface area (Å²) in [5.41, 5.74) is 0. The van der Waals surface area contributed by atoms with Crippen LogP contribution in [0.3, 0.4) is 0 Å². The Hall–Kier alpha value is -2.42. The van der Waals surface area contributed by atoms with E-state index in [0.717, 1.165) is 13.1 Å². The molecule has 1 fully saturated rings. The van der Waals surface area contributed by atoms with E-state index in [1.54, 1.807) is 10.7 Å². The van der Waals surface area contributed by atoms with Gasteiger partial charge in [0.05, 0.1) is 19.3 Å². The van der Waals surface area contributed by atoms with Gasteiger partial charge in [0.1, 0.15) is 12.2 Å². The second kappa shape index (κ2) is 6.78. The molecule has 9 nitrogen and oxygen atoms in total. The number of nitrogens with one attached hydrogen (secondary N) is 1. The molecule has 2 aromatic rings. The molecule has 0 radical (unpaired) electrons. The second-order valence-corrected chi connectivity index (χ2v) is 5.28. The molecular weight excluding hydrogens is 300 g/mol. The number of aromatic nitrogens is 4. The average molecular weight is 320 g/mol. The number of carbonyl (C=O) groups excluding carboxylic acids is 1. The fourth-order valence-electron chi connectivity index (χ4n) is 2.50. The Kier molecular flexibility index (Phi) is 4.56. The molecule has 0 spiro atoms. The van der Waals surface area contributed by atoms with Crippen molar-refractivity contribution in [2.24, 2.45) is 0 Å². The van der Waals surface area contributed by atoms with Gasteiger partial charge in [-0.15, -0.1) is 0 Å². The molecule has 1 unspecified atom stereocenters. The summed E-state index contributed by atoms with van der Waals surface area (Å²) < 4.78 is 12.2. The van der Waals surface area contributed by atoms with Crippen LogP contribution < -0.4 is 10.2 Å². The number of morpholine rings is 1. The lowest BCUT2D eigenvalue weighted by Crippen LogP contribution is -2.36. The van der Waals surface area contributed by atoms with Gasteiger partial charge in [0.2, 0.25) is 5.76 Å². The van der Waals surface area contributed by atoms with E-state index in [9.17, 15) is 4.79 Å². The molecular formula is C14H20N6O3. The fraction of sp³-hybridized carbons (Fsp3) is 0.571. The number of carbonyl (C=O) groups is 1. The predicted octanol–water partition coefficient (Wildman–Crippen LogP) is 0.614. The molecule has 1 aliphatic rings. The van der Waals surface area contributed by atoms with Crippen molar-refractivity contribution in [2.75, 3.05) is 31.2 Å². The van der Waals surface area contributed by atoms with E-state index in [0.29, 0.717) is 31.4 Å². The largest absolute Gasteiger partial charge is 0.378 e. The minimum Gasteiger partial charge on any atom is -0.378 e. The van der Waals surface area contributed by atoms with Crippen molar-refractivity contribution in [2.45, 2.75) is 26.4 Å². The smallest absolute Gasteiger partial charge is 0.290 e. The Morgan fingerprint density at radius 1 is 1.43 bits per heavy atom. The molecule has 3 heterocycles. The highest BCUT2D eigenvalue weighted by Gasteiger charge is 2.21. The number of hydrogen-bond donors (Lipinski definition) is 1. The highest BCUT2D eigenvalue weighted by molar-refractivity contribution is 5.92. The standard InChI is InChI=1S/C14H20N6O3/c1-3-20-13(15-9-16-20)10(2)17-14(21)11-8-12(18-23-11)19-4-6-22-7-5-19/h8-10H,3-7H2,1-2H3,(H,17,21). The third-order valence-corrected chi connectivity index (χ3v) is 3.74. The first kappa shape index (κ1) is 15.5. The summed E-state index contributed by atoms with van der Waals surface area (Å²) >= 11 is 0. The van der Waals surface area contributed by atoms with Crippen molar-refractivity contribution in [1.82, 2.24) is 25.2 Å². The summed E-state index contributed by atoms with van der Waals surface area (Å²) in [5.74, 6) is 1.22. The van der Waals surface area contributed by atoms with Gasteiger partial charge in [0.15, 0.2) is 5.82 Å². The Bertz CT molecular complexity index is 661. The van der Waals surface area contributed by atoms with Gasteiger partial charge in [-0.2, -0.15) is 5.10 Å². The molecule has 1 saturated heterocycles. The first-order chi connectivity index (χ1) is 11.2. The Labute approximate surface area is 133 Å². The quantitative estimate of drug-likeness (QED) is 0.862. The van der Waals surface area contributed by atoms with Crippen LogP contribution in [-0.2, 0) is 11.3 Å². The summed E-state index contributed by atoms with van der Waals surface area (Å²) in [6.45, 7) is 7.30. The molecule has 23 heavy (non-hydrogen) atoms. The van der Waals surface area contributed by atoms with Crippen LogP contribution in [0, 0.1) is 0 Å². The van der Waals surface area contributed by atoms with Crippen LogP contribution in [0.15, 0.2) is 16.9 Å². The normalized spacial score (nSPS) is 16.3. The SMILES string of the molecule is CCn1ncnc1C(C)NC(=O)c1cc(N2CCOCC2)no1. The summed E-state index contributed by atoms with van der Waals surface area (Å²) in [4.78, 5) is 18.5. The number of amides is 1. The van der Waals surface area contributed by atoms with Crippen LogP contribution in [0.5, 0.6) is 0 Å². The molecule has 0 aliphatic carbocycles. The van der Waals surface area contributed by atoms with E-state index in [2.05, 4.69) is 20.6 Å². The minimum absolute atomic E-state index is 0.181. The van der Waals surface area contributed by atoms with Gasteiger partial charge in [0, 0.05) is 25.7 Å². The highest BCUT2D eigenvalue weighted by atomic mass is 16.5. The fourth-order valence-corrected chi connectivity index (χ4v) is 2.50. The van der Waals surface area contributed by atoms with E-state index in [-0.39, 0.29) is 17.7 Å². The molecule has 1 amide bonds. The van der Waals surface area contributed by atoms with E-state index in [4.69, 9.17) is 9.26 Å². The van der Waals surface area contributed by atoms with E-state index in [1.165, 1.54) is 6.33 Å². The van der Waals surface area contributed by atoms with Crippen molar-refractivity contribution >= 4 is 11.7 Å². The molecule has 2 aromatic heterocycles. The van der Waals surface area contributed by atoms with E-state index < -0.39 is 0 Å². The zero-order valence-corrected chi connectivity index (χ0v) is 13.2. The van der Waals surface area contributed by atoms with Crippen molar-refractivity contribution in [1.29, 1.82) is 0 Å². The molecule has 0 aromatic carbocycles. The molecule has 9 heteroatoms. The molecule has 1 aliphatic heterocycles. The summed E-state index contributed by atoms with van der Waals surface area (Å²) in [6.07, 6.45) is 1.48. The lowest BCUT2D eigenvalue weighted by atomic mass is 10.3. The average Bonchev–Trinajstić information content (AvgIpc) is 3.24. The second-order valence-electron chi connectivity index (χ2n) is 5.28. The molecule has 1 N–H and O–H groups in total. The van der Waals surface area contributed by atoms with Crippen LogP contribution in [0.25, 0.3) is 0 Å². The van der Waals surface area contributed by atoms with Gasteiger partial charge in [-0.05, 0) is 13.8 Å². The summed E-state index contributed by atoms with van der Waals surface area (Å²) in [6, 6.07) is 1.37. The van der Waals surface area contributed by atoms with Gasteiger partial charge in [-0.25, -0.2) is 9.67 Å². The number of anilines is 1. The molecule has 124 valence electrons. The number of rotatable bonds is 5. The van der Waals surface area contributed by atoms with Gasteiger partial charge in [-0.1, -0.05) is 5.16 Å². The number of hydrogen-bond acceptors (Lipinski definition) is 7. The number of aryl methyl sites for hydroxylation is 1. The first-order valence-electron chi connectivity index (χ1n) is 7.67. The maximum atomic E-state index is 12.3. The van der Waals surface area contributed by atoms with E-state index in [1.807, 2.05) is 18.7 Å². The Morgan fingerprint density at radius 3 is 2.96 bits per heavy atom. The third-order valence-electron chi connectivity index (χ3n) is 3.74. The maximum absolute atomic E-state index is 12.3. The third kappa shape index (κ3) is 3.34. The van der Waals surface area contributed by atoms with Crippen LogP contribution in [-0.4, -0.2) is 52.1 Å². The van der Waals surface area contributed by atoms with Gasteiger partial charge >= 0.3 is 0 Å². The van der Waals surface area contributed by atoms with Crippen LogP contribution in [0.2, 0.25) is 0 Å². The lowest BCUT2D eigenvalue weighted by molar-refractivity contribution is 0.0900. The van der Waals surface area contributed by atoms with Crippen molar-refractivity contribution in [3.05, 3.63) is 24.0 Å². The van der Waals surface area contributed by atoms with Crippen LogP contribution in [0.4, 0.5) is 5.82 Å². The van der Waals surface area contributed by atoms with Gasteiger partial charge in [-0.3, -0.25) is 4.79 Å².